The first-order valence-corrected chi connectivity index (χ1v) is 9.73. The molecule has 2 aromatic carbocycles. The van der Waals surface area contributed by atoms with Gasteiger partial charge in [-0.3, -0.25) is 19.6 Å². The van der Waals surface area contributed by atoms with Crippen LogP contribution < -0.4 is 10.7 Å². The van der Waals surface area contributed by atoms with E-state index in [0.29, 0.717) is 17.2 Å². The molecule has 0 saturated heterocycles. The first kappa shape index (κ1) is 18.2. The van der Waals surface area contributed by atoms with Gasteiger partial charge in [-0.15, -0.1) is 0 Å². The monoisotopic (exact) mass is 396 g/mol. The number of hydrogen-bond donors (Lipinski definition) is 1. The minimum atomic E-state index is -0.659. The third-order valence-electron chi connectivity index (χ3n) is 4.51. The molecule has 0 aliphatic heterocycles. The Balaban J connectivity index is 1.74. The number of hydrogen-bond acceptors (Lipinski definition) is 5. The van der Waals surface area contributed by atoms with Gasteiger partial charge in [0.15, 0.2) is 10.8 Å². The number of fused-ring (bicyclic) bond motifs is 2. The van der Waals surface area contributed by atoms with Crippen molar-refractivity contribution in [2.24, 2.45) is 0 Å². The number of nitrogens with zero attached hydrogens (tertiary/aromatic N) is 3. The van der Waals surface area contributed by atoms with E-state index in [4.69, 9.17) is 0 Å². The first-order valence-electron chi connectivity index (χ1n) is 8.91. The number of amides is 1. The number of halogens is 1. The van der Waals surface area contributed by atoms with Gasteiger partial charge in [-0.1, -0.05) is 24.3 Å². The van der Waals surface area contributed by atoms with E-state index in [-0.39, 0.29) is 11.1 Å². The summed E-state index contributed by atoms with van der Waals surface area (Å²) >= 11 is 1.33. The molecule has 6 nitrogen and oxygen atoms in total. The normalized spacial score (nSPS) is 11.2. The summed E-state index contributed by atoms with van der Waals surface area (Å²) in [7, 11) is 0. The Bertz CT molecular complexity index is 1280. The molecule has 0 aliphatic rings. The molecule has 2 heterocycles. The lowest BCUT2D eigenvalue weighted by Crippen LogP contribution is -2.27. The zero-order chi connectivity index (χ0) is 19.8. The molecule has 4 aromatic rings. The fourth-order valence-electron chi connectivity index (χ4n) is 3.05. The second-order valence-corrected chi connectivity index (χ2v) is 7.31. The highest BCUT2D eigenvalue weighted by atomic mass is 32.1. The molecule has 8 heteroatoms. The van der Waals surface area contributed by atoms with Crippen LogP contribution in [0.1, 0.15) is 29.9 Å². The molecule has 0 spiro atoms. The van der Waals surface area contributed by atoms with Crippen LogP contribution in [-0.2, 0) is 13.0 Å². The van der Waals surface area contributed by atoms with Crippen LogP contribution in [0.25, 0.3) is 21.1 Å². The van der Waals surface area contributed by atoms with Crippen LogP contribution in [0.4, 0.5) is 9.52 Å². The molecule has 0 bridgehead atoms. The lowest BCUT2D eigenvalue weighted by atomic mass is 10.2. The Labute approximate surface area is 163 Å². The fraction of sp³-hybridized carbons (Fsp3) is 0.200. The van der Waals surface area contributed by atoms with Crippen molar-refractivity contribution >= 4 is 43.5 Å². The molecule has 4 rings (SSSR count). The van der Waals surface area contributed by atoms with Crippen LogP contribution in [0.3, 0.4) is 0 Å². The van der Waals surface area contributed by atoms with Crippen LogP contribution in [0, 0.1) is 5.82 Å². The SMILES string of the molecule is CCc1ccc2nc(NC(=O)c3nn(CC)c4ccc(F)cc4c3=O)sc2c1. The van der Waals surface area contributed by atoms with E-state index in [9.17, 15) is 14.0 Å². The van der Waals surface area contributed by atoms with E-state index in [2.05, 4.69) is 22.3 Å². The molecule has 0 saturated carbocycles. The summed E-state index contributed by atoms with van der Waals surface area (Å²) < 4.78 is 16.1. The number of rotatable bonds is 4. The molecule has 2 aromatic heterocycles. The summed E-state index contributed by atoms with van der Waals surface area (Å²) in [6.45, 7) is 4.34. The molecule has 0 unspecified atom stereocenters. The summed E-state index contributed by atoms with van der Waals surface area (Å²) in [4.78, 5) is 29.8. The number of thiazole rings is 1. The molecule has 0 fully saturated rings. The second-order valence-electron chi connectivity index (χ2n) is 6.28. The van der Waals surface area contributed by atoms with Crippen molar-refractivity contribution in [1.29, 1.82) is 0 Å². The molecular formula is C20H17FN4O2S. The van der Waals surface area contributed by atoms with Gasteiger partial charge in [0.2, 0.25) is 5.43 Å². The zero-order valence-electron chi connectivity index (χ0n) is 15.3. The van der Waals surface area contributed by atoms with Crippen LogP contribution in [-0.4, -0.2) is 20.7 Å². The highest BCUT2D eigenvalue weighted by Gasteiger charge is 2.19. The highest BCUT2D eigenvalue weighted by molar-refractivity contribution is 7.22. The molecule has 0 radical (unpaired) electrons. The standard InChI is InChI=1S/C20H17FN4O2S/c1-3-11-5-7-14-16(9-11)28-20(22-14)23-19(27)17-18(26)13-10-12(21)6-8-15(13)25(4-2)24-17/h5-10H,3-4H2,1-2H3,(H,22,23,27). The number of anilines is 1. The average molecular weight is 396 g/mol. The minimum absolute atomic E-state index is 0.124. The second kappa shape index (κ2) is 7.12. The van der Waals surface area contributed by atoms with Gasteiger partial charge >= 0.3 is 0 Å². The summed E-state index contributed by atoms with van der Waals surface area (Å²) in [6, 6.07) is 9.81. The lowest BCUT2D eigenvalue weighted by Gasteiger charge is -2.09. The molecule has 1 amide bonds. The quantitative estimate of drug-likeness (QED) is 0.566. The topological polar surface area (TPSA) is 76.9 Å². The lowest BCUT2D eigenvalue weighted by molar-refractivity contribution is 0.101. The van der Waals surface area contributed by atoms with Gasteiger partial charge in [0.05, 0.1) is 21.1 Å². The van der Waals surface area contributed by atoms with Crippen molar-refractivity contribution in [2.45, 2.75) is 26.8 Å². The molecule has 28 heavy (non-hydrogen) atoms. The number of aromatic nitrogens is 3. The third kappa shape index (κ3) is 3.16. The van der Waals surface area contributed by atoms with E-state index >= 15 is 0 Å². The predicted octanol–water partition coefficient (Wildman–Crippen LogP) is 3.98. The molecule has 0 atom stereocenters. The van der Waals surface area contributed by atoms with E-state index in [0.717, 1.165) is 22.7 Å². The van der Waals surface area contributed by atoms with Crippen molar-refractivity contribution < 1.29 is 9.18 Å². The van der Waals surface area contributed by atoms with E-state index < -0.39 is 17.2 Å². The van der Waals surface area contributed by atoms with Gasteiger partial charge in [0.1, 0.15) is 5.82 Å². The summed E-state index contributed by atoms with van der Waals surface area (Å²) in [6.07, 6.45) is 0.906. The Morgan fingerprint density at radius 2 is 2.04 bits per heavy atom. The maximum Gasteiger partial charge on any atom is 0.281 e. The van der Waals surface area contributed by atoms with Crippen molar-refractivity contribution in [3.05, 3.63) is 63.7 Å². The Kier molecular flexibility index (Phi) is 4.64. The zero-order valence-corrected chi connectivity index (χ0v) is 16.1. The first-order chi connectivity index (χ1) is 13.5. The molecule has 142 valence electrons. The van der Waals surface area contributed by atoms with Crippen LogP contribution in [0.5, 0.6) is 0 Å². The van der Waals surface area contributed by atoms with Crippen molar-refractivity contribution in [1.82, 2.24) is 14.8 Å². The van der Waals surface area contributed by atoms with Crippen LogP contribution in [0.2, 0.25) is 0 Å². The predicted molar refractivity (Wildman–Crippen MR) is 109 cm³/mol. The number of nitrogens with one attached hydrogen (secondary N) is 1. The maximum absolute atomic E-state index is 13.6. The van der Waals surface area contributed by atoms with Crippen LogP contribution in [0.15, 0.2) is 41.2 Å². The Hall–Kier alpha value is -3.13. The van der Waals surface area contributed by atoms with Gasteiger partial charge in [0.25, 0.3) is 5.91 Å². The maximum atomic E-state index is 13.6. The Morgan fingerprint density at radius 1 is 1.21 bits per heavy atom. The van der Waals surface area contributed by atoms with Crippen molar-refractivity contribution in [3.8, 4) is 0 Å². The van der Waals surface area contributed by atoms with E-state index in [1.807, 2.05) is 25.1 Å². The molecule has 0 aliphatic carbocycles. The van der Waals surface area contributed by atoms with Crippen molar-refractivity contribution in [3.63, 3.8) is 0 Å². The fourth-order valence-corrected chi connectivity index (χ4v) is 3.98. The average Bonchev–Trinajstić information content (AvgIpc) is 3.09. The number of carbonyl (C=O) groups is 1. The van der Waals surface area contributed by atoms with Gasteiger partial charge in [-0.05, 0) is 49.2 Å². The number of aryl methyl sites for hydroxylation is 2. The van der Waals surface area contributed by atoms with Crippen molar-refractivity contribution in [2.75, 3.05) is 5.32 Å². The van der Waals surface area contributed by atoms with Gasteiger partial charge in [0, 0.05) is 6.54 Å². The minimum Gasteiger partial charge on any atom is -0.296 e. The van der Waals surface area contributed by atoms with Gasteiger partial charge in [-0.25, -0.2) is 9.37 Å². The van der Waals surface area contributed by atoms with E-state index in [1.54, 1.807) is 0 Å². The van der Waals surface area contributed by atoms with Crippen LogP contribution >= 0.6 is 11.3 Å². The largest absolute Gasteiger partial charge is 0.296 e. The summed E-state index contributed by atoms with van der Waals surface area (Å²) in [5.74, 6) is -1.20. The van der Waals surface area contributed by atoms with Gasteiger partial charge < -0.3 is 0 Å². The van der Waals surface area contributed by atoms with Gasteiger partial charge in [-0.2, -0.15) is 5.10 Å². The third-order valence-corrected chi connectivity index (χ3v) is 5.45. The molecule has 1 N–H and O–H groups in total. The number of benzene rings is 2. The summed E-state index contributed by atoms with van der Waals surface area (Å²) in [5, 5.41) is 7.34. The molecular weight excluding hydrogens is 379 g/mol. The number of carbonyl (C=O) groups excluding carboxylic acids is 1. The summed E-state index contributed by atoms with van der Waals surface area (Å²) in [5.41, 5.74) is 1.55. The Morgan fingerprint density at radius 3 is 2.79 bits per heavy atom. The smallest absolute Gasteiger partial charge is 0.281 e. The highest BCUT2D eigenvalue weighted by Crippen LogP contribution is 2.27. The van der Waals surface area contributed by atoms with E-state index in [1.165, 1.54) is 33.7 Å².